The number of fused-ring (bicyclic) bond motifs is 1. The number of carbonyl (C=O) groups excluding carboxylic acids is 1. The first kappa shape index (κ1) is 16.8. The van der Waals surface area contributed by atoms with Crippen LogP contribution in [0.15, 0.2) is 48.5 Å². The summed E-state index contributed by atoms with van der Waals surface area (Å²) in [4.78, 5) is 12.7. The topological polar surface area (TPSA) is 46.9 Å². The van der Waals surface area contributed by atoms with Crippen LogP contribution in [-0.4, -0.2) is 15.6 Å². The average Bonchev–Trinajstić information content (AvgIpc) is 2.94. The maximum atomic E-state index is 13.3. The maximum absolute atomic E-state index is 13.3. The number of hydrogen-bond donors (Lipinski definition) is 1. The van der Waals surface area contributed by atoms with Crippen molar-refractivity contribution in [2.24, 2.45) is 5.92 Å². The molecule has 3 aromatic rings. The van der Waals surface area contributed by atoms with Gasteiger partial charge in [0.05, 0.1) is 16.9 Å². The number of Topliss-reactive ketones (excluding diaryl/α,β-unsaturated/α-hetero) is 1. The van der Waals surface area contributed by atoms with Gasteiger partial charge in [-0.05, 0) is 54.8 Å². The molecule has 1 aliphatic rings. The van der Waals surface area contributed by atoms with Crippen molar-refractivity contribution in [1.82, 2.24) is 9.78 Å². The molecular formula is C20H17ClFN3O. The molecule has 1 heterocycles. The van der Waals surface area contributed by atoms with E-state index in [9.17, 15) is 9.18 Å². The summed E-state index contributed by atoms with van der Waals surface area (Å²) in [6.07, 6.45) is 1.23. The zero-order valence-electron chi connectivity index (χ0n) is 14.2. The highest BCUT2D eigenvalue weighted by Crippen LogP contribution is 2.34. The summed E-state index contributed by atoms with van der Waals surface area (Å²) in [5.41, 5.74) is 2.94. The smallest absolute Gasteiger partial charge is 0.168 e. The van der Waals surface area contributed by atoms with Gasteiger partial charge in [-0.25, -0.2) is 9.07 Å². The Hall–Kier alpha value is -2.66. The van der Waals surface area contributed by atoms with Crippen LogP contribution in [0.4, 0.5) is 15.9 Å². The molecule has 0 aliphatic heterocycles. The Morgan fingerprint density at radius 2 is 1.96 bits per heavy atom. The van der Waals surface area contributed by atoms with Gasteiger partial charge in [-0.2, -0.15) is 0 Å². The normalized spacial score (nSPS) is 16.4. The maximum Gasteiger partial charge on any atom is 0.168 e. The highest BCUT2D eigenvalue weighted by molar-refractivity contribution is 6.30. The molecule has 0 saturated heterocycles. The number of ketones is 1. The molecule has 1 atom stereocenters. The van der Waals surface area contributed by atoms with E-state index in [0.717, 1.165) is 23.5 Å². The van der Waals surface area contributed by atoms with E-state index < -0.39 is 0 Å². The van der Waals surface area contributed by atoms with Gasteiger partial charge in [-0.3, -0.25) is 4.79 Å². The van der Waals surface area contributed by atoms with E-state index in [1.165, 1.54) is 12.1 Å². The molecule has 0 amide bonds. The fraction of sp³-hybridized carbons (Fsp3) is 0.200. The van der Waals surface area contributed by atoms with E-state index in [1.54, 1.807) is 28.9 Å². The van der Waals surface area contributed by atoms with Crippen LogP contribution in [0.5, 0.6) is 0 Å². The van der Waals surface area contributed by atoms with Crippen LogP contribution in [0.3, 0.4) is 0 Å². The van der Waals surface area contributed by atoms with Crippen molar-refractivity contribution < 1.29 is 9.18 Å². The lowest BCUT2D eigenvalue weighted by Gasteiger charge is -2.19. The van der Waals surface area contributed by atoms with Crippen LogP contribution >= 0.6 is 11.6 Å². The van der Waals surface area contributed by atoms with Gasteiger partial charge in [-0.15, -0.1) is 5.10 Å². The van der Waals surface area contributed by atoms with Gasteiger partial charge in [-0.1, -0.05) is 24.6 Å². The molecule has 1 N–H and O–H groups in total. The minimum atomic E-state index is -0.309. The van der Waals surface area contributed by atoms with Crippen molar-refractivity contribution in [3.05, 3.63) is 70.6 Å². The third-order valence-electron chi connectivity index (χ3n) is 4.49. The molecule has 0 bridgehead atoms. The second-order valence-corrected chi connectivity index (χ2v) is 7.07. The number of halogens is 2. The predicted octanol–water partition coefficient (Wildman–Crippen LogP) is 5.17. The number of aromatic nitrogens is 2. The Morgan fingerprint density at radius 3 is 2.69 bits per heavy atom. The quantitative estimate of drug-likeness (QED) is 0.692. The minimum absolute atomic E-state index is 0.0663. The molecule has 0 fully saturated rings. The molecule has 26 heavy (non-hydrogen) atoms. The molecule has 132 valence electrons. The van der Waals surface area contributed by atoms with Gasteiger partial charge in [0.2, 0.25) is 0 Å². The van der Waals surface area contributed by atoms with E-state index in [-0.39, 0.29) is 17.5 Å². The van der Waals surface area contributed by atoms with Gasteiger partial charge in [0.25, 0.3) is 0 Å². The Balaban J connectivity index is 1.83. The summed E-state index contributed by atoms with van der Waals surface area (Å²) < 4.78 is 15.0. The van der Waals surface area contributed by atoms with Crippen molar-refractivity contribution in [3.63, 3.8) is 0 Å². The summed E-state index contributed by atoms with van der Waals surface area (Å²) in [6, 6.07) is 13.4. The first-order valence-electron chi connectivity index (χ1n) is 8.45. The Labute approximate surface area is 155 Å². The third kappa shape index (κ3) is 3.10. The van der Waals surface area contributed by atoms with Crippen molar-refractivity contribution in [3.8, 4) is 5.69 Å². The van der Waals surface area contributed by atoms with Crippen molar-refractivity contribution >= 4 is 28.9 Å². The molecule has 1 aromatic heterocycles. The molecule has 6 heteroatoms. The van der Waals surface area contributed by atoms with Gasteiger partial charge in [0.1, 0.15) is 5.82 Å². The second kappa shape index (κ2) is 6.57. The number of nitrogens with one attached hydrogen (secondary N) is 1. The lowest BCUT2D eigenvalue weighted by molar-refractivity contribution is 0.0953. The van der Waals surface area contributed by atoms with E-state index in [0.29, 0.717) is 22.8 Å². The van der Waals surface area contributed by atoms with Gasteiger partial charge >= 0.3 is 0 Å². The lowest BCUT2D eigenvalue weighted by Crippen LogP contribution is -2.19. The molecule has 4 nitrogen and oxygen atoms in total. The predicted molar refractivity (Wildman–Crippen MR) is 100 cm³/mol. The Bertz CT molecular complexity index is 981. The van der Waals surface area contributed by atoms with Crippen LogP contribution in [0.2, 0.25) is 5.02 Å². The SMILES string of the molecule is C[C@H]1CC(=O)c2c(Nc3cccc(Cl)c3)nn(-c3ccc(F)cc3)c2C1. The summed E-state index contributed by atoms with van der Waals surface area (Å²) in [5, 5.41) is 8.43. The fourth-order valence-corrected chi connectivity index (χ4v) is 3.53. The Kier molecular flexibility index (Phi) is 4.24. The molecule has 0 spiro atoms. The highest BCUT2D eigenvalue weighted by atomic mass is 35.5. The van der Waals surface area contributed by atoms with Crippen LogP contribution < -0.4 is 5.32 Å². The summed E-state index contributed by atoms with van der Waals surface area (Å²) >= 11 is 6.05. The highest BCUT2D eigenvalue weighted by Gasteiger charge is 2.31. The second-order valence-electron chi connectivity index (χ2n) is 6.63. The average molecular weight is 370 g/mol. The van der Waals surface area contributed by atoms with Crippen LogP contribution in [0.25, 0.3) is 5.69 Å². The third-order valence-corrected chi connectivity index (χ3v) is 4.73. The van der Waals surface area contributed by atoms with Crippen LogP contribution in [0, 0.1) is 11.7 Å². The molecule has 0 radical (unpaired) electrons. The van der Waals surface area contributed by atoms with Gasteiger partial charge < -0.3 is 5.32 Å². The monoisotopic (exact) mass is 369 g/mol. The van der Waals surface area contributed by atoms with E-state index in [2.05, 4.69) is 10.4 Å². The van der Waals surface area contributed by atoms with Gasteiger partial charge in [0.15, 0.2) is 11.6 Å². The number of benzene rings is 2. The van der Waals surface area contributed by atoms with Crippen LogP contribution in [-0.2, 0) is 6.42 Å². The zero-order chi connectivity index (χ0) is 18.3. The number of nitrogens with zero attached hydrogens (tertiary/aromatic N) is 2. The number of anilines is 2. The molecule has 0 unspecified atom stereocenters. The zero-order valence-corrected chi connectivity index (χ0v) is 14.9. The number of hydrogen-bond acceptors (Lipinski definition) is 3. The van der Waals surface area contributed by atoms with Gasteiger partial charge in [0, 0.05) is 17.1 Å². The Morgan fingerprint density at radius 1 is 1.19 bits per heavy atom. The summed E-state index contributed by atoms with van der Waals surface area (Å²) in [6.45, 7) is 2.05. The fourth-order valence-electron chi connectivity index (χ4n) is 3.34. The summed E-state index contributed by atoms with van der Waals surface area (Å²) in [5.74, 6) is 0.501. The number of carbonyl (C=O) groups is 1. The molecule has 4 rings (SSSR count). The lowest BCUT2D eigenvalue weighted by atomic mass is 9.87. The van der Waals surface area contributed by atoms with Crippen LogP contribution in [0.1, 0.15) is 29.4 Å². The van der Waals surface area contributed by atoms with Crippen molar-refractivity contribution in [1.29, 1.82) is 0 Å². The van der Waals surface area contributed by atoms with E-state index in [1.807, 2.05) is 19.1 Å². The number of rotatable bonds is 3. The standard InChI is InChI=1S/C20H17ClFN3O/c1-12-9-17-19(18(26)10-12)20(23-15-4-2-3-13(21)11-15)24-25(17)16-7-5-14(22)6-8-16/h2-8,11-12H,9-10H2,1H3,(H,23,24)/t12-/m1/s1. The van der Waals surface area contributed by atoms with Crippen molar-refractivity contribution in [2.45, 2.75) is 19.8 Å². The van der Waals surface area contributed by atoms with E-state index >= 15 is 0 Å². The van der Waals surface area contributed by atoms with Crippen molar-refractivity contribution in [2.75, 3.05) is 5.32 Å². The first-order chi connectivity index (χ1) is 12.5. The largest absolute Gasteiger partial charge is 0.338 e. The minimum Gasteiger partial charge on any atom is -0.338 e. The molecule has 2 aromatic carbocycles. The summed E-state index contributed by atoms with van der Waals surface area (Å²) in [7, 11) is 0. The molecule has 0 saturated carbocycles. The molecule has 1 aliphatic carbocycles. The molecular weight excluding hydrogens is 353 g/mol. The van der Waals surface area contributed by atoms with E-state index in [4.69, 9.17) is 11.6 Å². The first-order valence-corrected chi connectivity index (χ1v) is 8.82.